The summed E-state index contributed by atoms with van der Waals surface area (Å²) in [7, 11) is 1.58. The van der Waals surface area contributed by atoms with Crippen LogP contribution in [0.5, 0.6) is 11.5 Å². The SMILES string of the molecule is COc1ccc(NC(=O)/C=N/OCCOc2ccccc2)cc1. The molecule has 0 radical (unpaired) electrons. The average molecular weight is 314 g/mol. The third-order valence-electron chi connectivity index (χ3n) is 2.79. The largest absolute Gasteiger partial charge is 0.497 e. The average Bonchev–Trinajstić information content (AvgIpc) is 2.59. The lowest BCUT2D eigenvalue weighted by Gasteiger charge is -2.05. The molecule has 0 heterocycles. The normalized spacial score (nSPS) is 10.3. The number of nitrogens with one attached hydrogen (secondary N) is 1. The molecule has 0 unspecified atom stereocenters. The number of anilines is 1. The molecule has 2 rings (SSSR count). The van der Waals surface area contributed by atoms with Gasteiger partial charge in [0, 0.05) is 5.69 Å². The molecule has 0 bridgehead atoms. The van der Waals surface area contributed by atoms with Crippen LogP contribution in [0.25, 0.3) is 0 Å². The summed E-state index contributed by atoms with van der Waals surface area (Å²) >= 11 is 0. The van der Waals surface area contributed by atoms with Crippen molar-refractivity contribution in [1.29, 1.82) is 0 Å². The van der Waals surface area contributed by atoms with Gasteiger partial charge in [0.25, 0.3) is 5.91 Å². The van der Waals surface area contributed by atoms with Crippen LogP contribution in [0.4, 0.5) is 5.69 Å². The third kappa shape index (κ3) is 6.09. The zero-order valence-electron chi connectivity index (χ0n) is 12.8. The number of oxime groups is 1. The van der Waals surface area contributed by atoms with Crippen LogP contribution in [0.3, 0.4) is 0 Å². The smallest absolute Gasteiger partial charge is 0.270 e. The van der Waals surface area contributed by atoms with Gasteiger partial charge in [0.15, 0.2) is 6.61 Å². The highest BCUT2D eigenvalue weighted by molar-refractivity contribution is 6.31. The molecular weight excluding hydrogens is 296 g/mol. The van der Waals surface area contributed by atoms with Crippen LogP contribution in [0, 0.1) is 0 Å². The fourth-order valence-electron chi connectivity index (χ4n) is 1.70. The molecule has 0 fully saturated rings. The monoisotopic (exact) mass is 314 g/mol. The van der Waals surface area contributed by atoms with Gasteiger partial charge in [-0.2, -0.15) is 0 Å². The second-order valence-electron chi connectivity index (χ2n) is 4.45. The molecule has 6 heteroatoms. The molecule has 0 atom stereocenters. The van der Waals surface area contributed by atoms with Crippen LogP contribution < -0.4 is 14.8 Å². The molecule has 0 saturated carbocycles. The molecule has 23 heavy (non-hydrogen) atoms. The number of para-hydroxylation sites is 1. The van der Waals surface area contributed by atoms with E-state index in [1.165, 1.54) is 0 Å². The van der Waals surface area contributed by atoms with Crippen LogP contribution >= 0.6 is 0 Å². The van der Waals surface area contributed by atoms with E-state index in [1.54, 1.807) is 31.4 Å². The van der Waals surface area contributed by atoms with Crippen molar-refractivity contribution in [2.45, 2.75) is 0 Å². The first-order valence-electron chi connectivity index (χ1n) is 7.06. The number of hydrogen-bond donors (Lipinski definition) is 1. The van der Waals surface area contributed by atoms with Crippen molar-refractivity contribution < 1.29 is 19.1 Å². The van der Waals surface area contributed by atoms with Gasteiger partial charge in [-0.1, -0.05) is 23.4 Å². The lowest BCUT2D eigenvalue weighted by atomic mass is 10.3. The van der Waals surface area contributed by atoms with E-state index in [1.807, 2.05) is 30.3 Å². The number of ether oxygens (including phenoxy) is 2. The Morgan fingerprint density at radius 3 is 2.48 bits per heavy atom. The zero-order chi connectivity index (χ0) is 16.3. The molecule has 1 amide bonds. The van der Waals surface area contributed by atoms with Gasteiger partial charge >= 0.3 is 0 Å². The Hall–Kier alpha value is -3.02. The summed E-state index contributed by atoms with van der Waals surface area (Å²) < 4.78 is 10.5. The van der Waals surface area contributed by atoms with Gasteiger partial charge in [0.1, 0.15) is 24.3 Å². The highest BCUT2D eigenvalue weighted by Gasteiger charge is 1.99. The summed E-state index contributed by atoms with van der Waals surface area (Å²) in [5.41, 5.74) is 0.648. The summed E-state index contributed by atoms with van der Waals surface area (Å²) in [4.78, 5) is 16.6. The summed E-state index contributed by atoms with van der Waals surface area (Å²) in [6.07, 6.45) is 1.08. The zero-order valence-corrected chi connectivity index (χ0v) is 12.8. The Kier molecular flexibility index (Phi) is 6.46. The quantitative estimate of drug-likeness (QED) is 0.462. The maximum atomic E-state index is 11.6. The lowest BCUT2D eigenvalue weighted by molar-refractivity contribution is -0.110. The highest BCUT2D eigenvalue weighted by atomic mass is 16.6. The van der Waals surface area contributed by atoms with Gasteiger partial charge in [0.05, 0.1) is 7.11 Å². The van der Waals surface area contributed by atoms with Crippen LogP contribution in [-0.2, 0) is 9.63 Å². The first-order chi connectivity index (χ1) is 11.3. The Labute approximate surface area is 134 Å². The predicted octanol–water partition coefficient (Wildman–Crippen LogP) is 2.72. The first-order valence-corrected chi connectivity index (χ1v) is 7.06. The molecule has 0 spiro atoms. The van der Waals surface area contributed by atoms with Gasteiger partial charge in [-0.15, -0.1) is 0 Å². The van der Waals surface area contributed by atoms with Crippen molar-refractivity contribution in [3.63, 3.8) is 0 Å². The molecule has 2 aromatic carbocycles. The van der Waals surface area contributed by atoms with Crippen molar-refractivity contribution in [1.82, 2.24) is 0 Å². The summed E-state index contributed by atoms with van der Waals surface area (Å²) in [6, 6.07) is 16.4. The minimum Gasteiger partial charge on any atom is -0.497 e. The number of methoxy groups -OCH3 is 1. The number of carbonyl (C=O) groups is 1. The van der Waals surface area contributed by atoms with Crippen molar-refractivity contribution >= 4 is 17.8 Å². The molecule has 120 valence electrons. The Bertz CT molecular complexity index is 627. The van der Waals surface area contributed by atoms with E-state index in [-0.39, 0.29) is 12.5 Å². The van der Waals surface area contributed by atoms with E-state index >= 15 is 0 Å². The van der Waals surface area contributed by atoms with Gasteiger partial charge in [-0.05, 0) is 36.4 Å². The summed E-state index contributed by atoms with van der Waals surface area (Å²) in [6.45, 7) is 0.600. The second kappa shape index (κ2) is 9.09. The highest BCUT2D eigenvalue weighted by Crippen LogP contribution is 2.14. The lowest BCUT2D eigenvalue weighted by Crippen LogP contribution is -2.13. The Morgan fingerprint density at radius 1 is 1.04 bits per heavy atom. The van der Waals surface area contributed by atoms with Gasteiger partial charge in [-0.3, -0.25) is 4.79 Å². The van der Waals surface area contributed by atoms with E-state index in [2.05, 4.69) is 10.5 Å². The molecule has 6 nitrogen and oxygen atoms in total. The minimum absolute atomic E-state index is 0.251. The number of rotatable bonds is 8. The summed E-state index contributed by atoms with van der Waals surface area (Å²) in [5.74, 6) is 1.11. The van der Waals surface area contributed by atoms with E-state index in [9.17, 15) is 4.79 Å². The number of amides is 1. The standard InChI is InChI=1S/C17H18N2O4/c1-21-15-9-7-14(8-10-15)19-17(20)13-18-23-12-11-22-16-5-3-2-4-6-16/h2-10,13H,11-12H2,1H3,(H,19,20)/b18-13+. The first kappa shape index (κ1) is 16.4. The van der Waals surface area contributed by atoms with Crippen LogP contribution in [0.15, 0.2) is 59.8 Å². The van der Waals surface area contributed by atoms with Crippen LogP contribution in [0.1, 0.15) is 0 Å². The van der Waals surface area contributed by atoms with E-state index in [0.717, 1.165) is 17.7 Å². The Balaban J connectivity index is 1.63. The minimum atomic E-state index is -0.376. The van der Waals surface area contributed by atoms with Crippen molar-refractivity contribution in [2.75, 3.05) is 25.6 Å². The van der Waals surface area contributed by atoms with E-state index in [0.29, 0.717) is 12.3 Å². The fraction of sp³-hybridized carbons (Fsp3) is 0.176. The van der Waals surface area contributed by atoms with E-state index < -0.39 is 0 Å². The molecule has 0 aliphatic rings. The molecule has 2 aromatic rings. The number of benzene rings is 2. The maximum absolute atomic E-state index is 11.6. The number of hydrogen-bond acceptors (Lipinski definition) is 5. The molecule has 0 aliphatic heterocycles. The third-order valence-corrected chi connectivity index (χ3v) is 2.79. The van der Waals surface area contributed by atoms with Crippen LogP contribution in [0.2, 0.25) is 0 Å². The summed E-state index contributed by atoms with van der Waals surface area (Å²) in [5, 5.41) is 6.25. The van der Waals surface area contributed by atoms with Crippen LogP contribution in [-0.4, -0.2) is 32.4 Å². The number of carbonyl (C=O) groups excluding carboxylic acids is 1. The Morgan fingerprint density at radius 2 is 1.78 bits per heavy atom. The molecule has 1 N–H and O–H groups in total. The van der Waals surface area contributed by atoms with Crippen molar-refractivity contribution in [2.24, 2.45) is 5.16 Å². The predicted molar refractivity (Wildman–Crippen MR) is 88.0 cm³/mol. The molecule has 0 aliphatic carbocycles. The van der Waals surface area contributed by atoms with E-state index in [4.69, 9.17) is 14.3 Å². The van der Waals surface area contributed by atoms with Gasteiger partial charge in [-0.25, -0.2) is 0 Å². The van der Waals surface area contributed by atoms with Gasteiger partial charge in [0.2, 0.25) is 0 Å². The molecule has 0 saturated heterocycles. The maximum Gasteiger partial charge on any atom is 0.270 e. The number of nitrogens with zero attached hydrogens (tertiary/aromatic N) is 1. The molecule has 0 aromatic heterocycles. The fourth-order valence-corrected chi connectivity index (χ4v) is 1.70. The second-order valence-corrected chi connectivity index (χ2v) is 4.45. The van der Waals surface area contributed by atoms with Gasteiger partial charge < -0.3 is 19.6 Å². The molecular formula is C17H18N2O4. The van der Waals surface area contributed by atoms with Crippen molar-refractivity contribution in [3.8, 4) is 11.5 Å². The van der Waals surface area contributed by atoms with Crippen molar-refractivity contribution in [3.05, 3.63) is 54.6 Å². The topological polar surface area (TPSA) is 69.2 Å².